The third-order valence-corrected chi connectivity index (χ3v) is 4.96. The van der Waals surface area contributed by atoms with Gasteiger partial charge in [0, 0.05) is 16.6 Å². The summed E-state index contributed by atoms with van der Waals surface area (Å²) in [6.45, 7) is -0.122. The maximum absolute atomic E-state index is 12.1. The summed E-state index contributed by atoms with van der Waals surface area (Å²) in [5.74, 6) is 0. The van der Waals surface area contributed by atoms with Crippen LogP contribution in [0.5, 0.6) is 0 Å². The van der Waals surface area contributed by atoms with E-state index in [4.69, 9.17) is 4.42 Å². The molecule has 2 rings (SSSR count). The van der Waals surface area contributed by atoms with Crippen LogP contribution in [0.2, 0.25) is 0 Å². The van der Waals surface area contributed by atoms with Crippen LogP contribution in [0.25, 0.3) is 0 Å². The van der Waals surface area contributed by atoms with Crippen molar-refractivity contribution in [3.05, 3.63) is 52.9 Å². The van der Waals surface area contributed by atoms with Crippen molar-refractivity contribution in [2.75, 3.05) is 6.54 Å². The standard InChI is InChI=1S/C12H12BrNO4S/c13-10-3-1-2-4-12(10)19(16,17)14-7-11(15)9-5-6-18-8-9/h1-6,8,11,14-15H,7H2. The molecule has 0 saturated carbocycles. The number of hydrogen-bond donors (Lipinski definition) is 2. The van der Waals surface area contributed by atoms with Gasteiger partial charge in [0.2, 0.25) is 10.0 Å². The Morgan fingerprint density at radius 2 is 2.05 bits per heavy atom. The molecule has 0 saturated heterocycles. The average molecular weight is 346 g/mol. The fourth-order valence-electron chi connectivity index (χ4n) is 1.51. The van der Waals surface area contributed by atoms with E-state index in [2.05, 4.69) is 20.7 Å². The molecule has 1 aromatic heterocycles. The highest BCUT2D eigenvalue weighted by molar-refractivity contribution is 9.10. The average Bonchev–Trinajstić information content (AvgIpc) is 2.90. The van der Waals surface area contributed by atoms with E-state index in [0.29, 0.717) is 10.0 Å². The van der Waals surface area contributed by atoms with E-state index in [1.807, 2.05) is 0 Å². The Balaban J connectivity index is 2.09. The van der Waals surface area contributed by atoms with Crippen LogP contribution in [0, 0.1) is 0 Å². The zero-order valence-corrected chi connectivity index (χ0v) is 12.2. The summed E-state index contributed by atoms with van der Waals surface area (Å²) < 4.78 is 31.8. The number of aliphatic hydroxyl groups is 1. The van der Waals surface area contributed by atoms with Crippen molar-refractivity contribution in [2.45, 2.75) is 11.0 Å². The molecule has 0 bridgehead atoms. The molecule has 0 aliphatic heterocycles. The van der Waals surface area contributed by atoms with Crippen molar-refractivity contribution < 1.29 is 17.9 Å². The number of benzene rings is 1. The molecule has 1 aromatic carbocycles. The second kappa shape index (κ2) is 5.87. The Labute approximate surface area is 119 Å². The van der Waals surface area contributed by atoms with E-state index in [0.717, 1.165) is 0 Å². The SMILES string of the molecule is O=S(=O)(NCC(O)c1ccoc1)c1ccccc1Br. The molecule has 102 valence electrons. The lowest BCUT2D eigenvalue weighted by Crippen LogP contribution is -2.28. The predicted octanol–water partition coefficient (Wildman–Crippen LogP) is 2.05. The maximum atomic E-state index is 12.1. The van der Waals surface area contributed by atoms with Gasteiger partial charge in [-0.1, -0.05) is 12.1 Å². The van der Waals surface area contributed by atoms with Gasteiger partial charge in [0.1, 0.15) is 0 Å². The highest BCUT2D eigenvalue weighted by Gasteiger charge is 2.19. The zero-order valence-electron chi connectivity index (χ0n) is 9.78. The molecule has 1 heterocycles. The normalized spacial score (nSPS) is 13.4. The van der Waals surface area contributed by atoms with Crippen molar-refractivity contribution in [3.63, 3.8) is 0 Å². The molecule has 0 fully saturated rings. The number of hydrogen-bond acceptors (Lipinski definition) is 4. The minimum atomic E-state index is -3.66. The molecule has 1 unspecified atom stereocenters. The summed E-state index contributed by atoms with van der Waals surface area (Å²) in [7, 11) is -3.66. The second-order valence-corrected chi connectivity index (χ2v) is 6.44. The van der Waals surface area contributed by atoms with Gasteiger partial charge >= 0.3 is 0 Å². The first-order chi connectivity index (χ1) is 9.00. The van der Waals surface area contributed by atoms with Gasteiger partial charge in [-0.3, -0.25) is 0 Å². The van der Waals surface area contributed by atoms with Gasteiger partial charge in [-0.25, -0.2) is 13.1 Å². The Kier molecular flexibility index (Phi) is 4.41. The van der Waals surface area contributed by atoms with Crippen LogP contribution in [0.4, 0.5) is 0 Å². The summed E-state index contributed by atoms with van der Waals surface area (Å²) in [5.41, 5.74) is 0.523. The first-order valence-corrected chi connectivity index (χ1v) is 7.72. The van der Waals surface area contributed by atoms with Gasteiger partial charge in [0.05, 0.1) is 23.5 Å². The van der Waals surface area contributed by atoms with Gasteiger partial charge in [-0.15, -0.1) is 0 Å². The molecule has 5 nitrogen and oxygen atoms in total. The van der Waals surface area contributed by atoms with Crippen molar-refractivity contribution in [1.29, 1.82) is 0 Å². The predicted molar refractivity (Wildman–Crippen MR) is 73.0 cm³/mol. The number of aliphatic hydroxyl groups excluding tert-OH is 1. The molecule has 0 amide bonds. The summed E-state index contributed by atoms with van der Waals surface area (Å²) in [5, 5.41) is 9.79. The Hall–Kier alpha value is -1.15. The summed E-state index contributed by atoms with van der Waals surface area (Å²) in [4.78, 5) is 0.134. The Morgan fingerprint density at radius 1 is 1.32 bits per heavy atom. The van der Waals surface area contributed by atoms with E-state index in [1.54, 1.807) is 24.3 Å². The van der Waals surface area contributed by atoms with Crippen LogP contribution in [-0.2, 0) is 10.0 Å². The smallest absolute Gasteiger partial charge is 0.241 e. The van der Waals surface area contributed by atoms with Crippen molar-refractivity contribution in [2.24, 2.45) is 0 Å². The lowest BCUT2D eigenvalue weighted by Gasteiger charge is -2.11. The van der Waals surface area contributed by atoms with Crippen molar-refractivity contribution in [1.82, 2.24) is 4.72 Å². The molecule has 0 aliphatic carbocycles. The summed E-state index contributed by atoms with van der Waals surface area (Å²) >= 11 is 3.18. The number of nitrogens with one attached hydrogen (secondary N) is 1. The van der Waals surface area contributed by atoms with E-state index in [-0.39, 0.29) is 11.4 Å². The van der Waals surface area contributed by atoms with Crippen LogP contribution in [0.3, 0.4) is 0 Å². The minimum absolute atomic E-state index is 0.122. The summed E-state index contributed by atoms with van der Waals surface area (Å²) in [6.07, 6.45) is 1.84. The van der Waals surface area contributed by atoms with Gasteiger partial charge in [0.25, 0.3) is 0 Å². The zero-order chi connectivity index (χ0) is 13.9. The third kappa shape index (κ3) is 3.44. The second-order valence-electron chi connectivity index (χ2n) is 3.85. The Bertz CT molecular complexity index is 640. The lowest BCUT2D eigenvalue weighted by molar-refractivity contribution is 0.181. The highest BCUT2D eigenvalue weighted by Crippen LogP contribution is 2.21. The molecule has 1 atom stereocenters. The largest absolute Gasteiger partial charge is 0.472 e. The number of sulfonamides is 1. The fraction of sp³-hybridized carbons (Fsp3) is 0.167. The molecular formula is C12H12BrNO4S. The monoisotopic (exact) mass is 345 g/mol. The molecule has 2 aromatic rings. The molecule has 2 N–H and O–H groups in total. The number of rotatable bonds is 5. The molecule has 0 spiro atoms. The third-order valence-electron chi connectivity index (χ3n) is 2.52. The summed E-state index contributed by atoms with van der Waals surface area (Å²) in [6, 6.07) is 8.06. The first kappa shape index (κ1) is 14.3. The fourth-order valence-corrected chi connectivity index (χ4v) is 3.55. The first-order valence-electron chi connectivity index (χ1n) is 5.45. The topological polar surface area (TPSA) is 79.5 Å². The van der Waals surface area contributed by atoms with Gasteiger partial charge < -0.3 is 9.52 Å². The number of halogens is 1. The van der Waals surface area contributed by atoms with Crippen LogP contribution >= 0.6 is 15.9 Å². The van der Waals surface area contributed by atoms with Gasteiger partial charge in [-0.2, -0.15) is 0 Å². The van der Waals surface area contributed by atoms with Crippen LogP contribution in [0.1, 0.15) is 11.7 Å². The Morgan fingerprint density at radius 3 is 2.68 bits per heavy atom. The molecule has 0 radical (unpaired) electrons. The minimum Gasteiger partial charge on any atom is -0.472 e. The molecule has 7 heteroatoms. The molecule has 0 aliphatic rings. The van der Waals surface area contributed by atoms with Gasteiger partial charge in [-0.05, 0) is 34.1 Å². The number of furan rings is 1. The highest BCUT2D eigenvalue weighted by atomic mass is 79.9. The van der Waals surface area contributed by atoms with E-state index in [9.17, 15) is 13.5 Å². The molecule has 19 heavy (non-hydrogen) atoms. The molecular weight excluding hydrogens is 334 g/mol. The van der Waals surface area contributed by atoms with Gasteiger partial charge in [0.15, 0.2) is 0 Å². The lowest BCUT2D eigenvalue weighted by atomic mass is 10.2. The van der Waals surface area contributed by atoms with E-state index >= 15 is 0 Å². The van der Waals surface area contributed by atoms with E-state index in [1.165, 1.54) is 18.6 Å². The van der Waals surface area contributed by atoms with Crippen molar-refractivity contribution in [3.8, 4) is 0 Å². The van der Waals surface area contributed by atoms with Crippen molar-refractivity contribution >= 4 is 26.0 Å². The van der Waals surface area contributed by atoms with E-state index < -0.39 is 16.1 Å². The van der Waals surface area contributed by atoms with Crippen LogP contribution in [-0.4, -0.2) is 20.1 Å². The quantitative estimate of drug-likeness (QED) is 0.869. The maximum Gasteiger partial charge on any atom is 0.241 e. The van der Waals surface area contributed by atoms with Crippen LogP contribution < -0.4 is 4.72 Å². The van der Waals surface area contributed by atoms with Crippen LogP contribution in [0.15, 0.2) is 56.6 Å².